The number of aryl methyl sites for hydroxylation is 1. The van der Waals surface area contributed by atoms with Gasteiger partial charge in [-0.25, -0.2) is 0 Å². The van der Waals surface area contributed by atoms with Gasteiger partial charge in [-0.15, -0.1) is 0 Å². The van der Waals surface area contributed by atoms with Gasteiger partial charge in [-0.3, -0.25) is 10.1 Å². The lowest BCUT2D eigenvalue weighted by Crippen LogP contribution is -2.34. The van der Waals surface area contributed by atoms with Crippen molar-refractivity contribution < 1.29 is 19.0 Å². The van der Waals surface area contributed by atoms with Gasteiger partial charge < -0.3 is 19.5 Å². The average molecular weight is 395 g/mol. The molecule has 0 saturated carbocycles. The number of ether oxygens (including phenoxy) is 3. The zero-order chi connectivity index (χ0) is 19.3. The number of thiocarbonyl (C=S) groups is 1. The monoisotopic (exact) mass is 394 g/mol. The Kier molecular flexibility index (Phi) is 6.65. The largest absolute Gasteiger partial charge is 0.493 e. The molecule has 0 atom stereocenters. The van der Waals surface area contributed by atoms with E-state index in [1.807, 2.05) is 19.1 Å². The van der Waals surface area contributed by atoms with Crippen LogP contribution in [0.15, 0.2) is 30.3 Å². The van der Waals surface area contributed by atoms with Gasteiger partial charge in [0.2, 0.25) is 5.75 Å². The van der Waals surface area contributed by atoms with Crippen LogP contribution in [0.1, 0.15) is 15.9 Å². The van der Waals surface area contributed by atoms with Gasteiger partial charge >= 0.3 is 0 Å². The summed E-state index contributed by atoms with van der Waals surface area (Å²) >= 11 is 11.3. The molecule has 0 aliphatic rings. The van der Waals surface area contributed by atoms with Gasteiger partial charge in [0.25, 0.3) is 5.91 Å². The van der Waals surface area contributed by atoms with Crippen LogP contribution in [0.25, 0.3) is 0 Å². The molecule has 0 saturated heterocycles. The van der Waals surface area contributed by atoms with Crippen LogP contribution in [0, 0.1) is 6.92 Å². The fraction of sp³-hybridized carbons (Fsp3) is 0.222. The van der Waals surface area contributed by atoms with Crippen LogP contribution in [0.4, 0.5) is 5.69 Å². The molecule has 0 radical (unpaired) electrons. The molecule has 2 N–H and O–H groups in total. The van der Waals surface area contributed by atoms with Gasteiger partial charge in [0.05, 0.1) is 21.3 Å². The van der Waals surface area contributed by atoms with Crippen molar-refractivity contribution in [2.45, 2.75) is 6.92 Å². The van der Waals surface area contributed by atoms with Gasteiger partial charge in [0.1, 0.15) is 0 Å². The first-order valence-electron chi connectivity index (χ1n) is 7.58. The van der Waals surface area contributed by atoms with Crippen molar-refractivity contribution in [3.05, 3.63) is 46.5 Å². The lowest BCUT2D eigenvalue weighted by molar-refractivity contribution is 0.0977. The van der Waals surface area contributed by atoms with Gasteiger partial charge in [-0.05, 0) is 49.0 Å². The van der Waals surface area contributed by atoms with E-state index >= 15 is 0 Å². The molecule has 2 rings (SSSR count). The third-order valence-electron chi connectivity index (χ3n) is 3.58. The fourth-order valence-electron chi connectivity index (χ4n) is 2.22. The minimum absolute atomic E-state index is 0.142. The van der Waals surface area contributed by atoms with E-state index in [0.717, 1.165) is 5.56 Å². The summed E-state index contributed by atoms with van der Waals surface area (Å²) in [7, 11) is 4.45. The third kappa shape index (κ3) is 4.56. The average Bonchev–Trinajstić information content (AvgIpc) is 2.63. The highest BCUT2D eigenvalue weighted by atomic mass is 35.5. The number of rotatable bonds is 5. The van der Waals surface area contributed by atoms with E-state index in [4.69, 9.17) is 38.0 Å². The summed E-state index contributed by atoms with van der Waals surface area (Å²) in [6.45, 7) is 1.90. The van der Waals surface area contributed by atoms with E-state index < -0.39 is 5.91 Å². The third-order valence-corrected chi connectivity index (χ3v) is 4.20. The van der Waals surface area contributed by atoms with Crippen molar-refractivity contribution in [1.29, 1.82) is 0 Å². The second kappa shape index (κ2) is 8.73. The minimum atomic E-state index is -0.417. The molecule has 0 bridgehead atoms. The molecule has 0 aliphatic carbocycles. The first-order valence-corrected chi connectivity index (χ1v) is 8.36. The van der Waals surface area contributed by atoms with Crippen LogP contribution >= 0.6 is 23.8 Å². The number of carbonyl (C=O) groups is 1. The smallest absolute Gasteiger partial charge is 0.257 e. The molecule has 2 aromatic carbocycles. The van der Waals surface area contributed by atoms with Crippen molar-refractivity contribution >= 4 is 40.5 Å². The maximum atomic E-state index is 12.5. The molecule has 26 heavy (non-hydrogen) atoms. The Bertz CT molecular complexity index is 817. The summed E-state index contributed by atoms with van der Waals surface area (Å²) in [4.78, 5) is 12.5. The lowest BCUT2D eigenvalue weighted by Gasteiger charge is -2.15. The number of hydrogen-bond donors (Lipinski definition) is 2. The van der Waals surface area contributed by atoms with Crippen LogP contribution < -0.4 is 24.8 Å². The normalized spacial score (nSPS) is 10.0. The maximum Gasteiger partial charge on any atom is 0.257 e. The number of benzene rings is 2. The molecule has 0 spiro atoms. The van der Waals surface area contributed by atoms with E-state index in [1.165, 1.54) is 21.3 Å². The number of carbonyl (C=O) groups excluding carboxylic acids is 1. The summed E-state index contributed by atoms with van der Waals surface area (Å²) in [5.41, 5.74) is 1.94. The summed E-state index contributed by atoms with van der Waals surface area (Å²) < 4.78 is 15.7. The molecule has 0 fully saturated rings. The van der Waals surface area contributed by atoms with Crippen LogP contribution in [-0.2, 0) is 0 Å². The van der Waals surface area contributed by atoms with E-state index in [0.29, 0.717) is 33.5 Å². The molecule has 1 amide bonds. The van der Waals surface area contributed by atoms with E-state index in [2.05, 4.69) is 10.6 Å². The molecule has 2 aromatic rings. The topological polar surface area (TPSA) is 68.8 Å². The molecule has 0 aliphatic heterocycles. The van der Waals surface area contributed by atoms with Crippen LogP contribution in [0.5, 0.6) is 17.2 Å². The zero-order valence-electron chi connectivity index (χ0n) is 14.8. The molecule has 0 aromatic heterocycles. The summed E-state index contributed by atoms with van der Waals surface area (Å²) in [5.74, 6) is 0.740. The van der Waals surface area contributed by atoms with E-state index in [1.54, 1.807) is 18.2 Å². The van der Waals surface area contributed by atoms with Crippen LogP contribution in [-0.4, -0.2) is 32.3 Å². The van der Waals surface area contributed by atoms with Crippen molar-refractivity contribution in [3.8, 4) is 17.2 Å². The SMILES string of the molecule is COc1cc(C(=O)NC(=S)Nc2ccc(C)c(Cl)c2)cc(OC)c1OC. The summed E-state index contributed by atoms with van der Waals surface area (Å²) in [6.07, 6.45) is 0. The number of amides is 1. The number of methoxy groups -OCH3 is 3. The maximum absolute atomic E-state index is 12.5. The second-order valence-corrected chi connectivity index (χ2v) is 6.10. The molecule has 0 heterocycles. The van der Waals surface area contributed by atoms with Crippen molar-refractivity contribution in [2.24, 2.45) is 0 Å². The molecular weight excluding hydrogens is 376 g/mol. The highest BCUT2D eigenvalue weighted by Gasteiger charge is 2.17. The van der Waals surface area contributed by atoms with Gasteiger partial charge in [-0.1, -0.05) is 17.7 Å². The Hall–Kier alpha value is -2.51. The molecule has 6 nitrogen and oxygen atoms in total. The lowest BCUT2D eigenvalue weighted by atomic mass is 10.1. The number of nitrogens with one attached hydrogen (secondary N) is 2. The Morgan fingerprint density at radius 1 is 1.04 bits per heavy atom. The Labute approximate surface area is 162 Å². The zero-order valence-corrected chi connectivity index (χ0v) is 16.4. The standard InChI is InChI=1S/C18H19ClN2O4S/c1-10-5-6-12(9-13(10)19)20-18(26)21-17(22)11-7-14(23-2)16(25-4)15(8-11)24-3/h5-9H,1-4H3,(H2,20,21,22,26). The predicted octanol–water partition coefficient (Wildman–Crippen LogP) is 3.80. The Balaban J connectivity index is 2.15. The first-order chi connectivity index (χ1) is 12.4. The van der Waals surface area contributed by atoms with Crippen molar-refractivity contribution in [2.75, 3.05) is 26.6 Å². The first kappa shape index (κ1) is 19.8. The Morgan fingerprint density at radius 2 is 1.65 bits per heavy atom. The predicted molar refractivity (Wildman–Crippen MR) is 106 cm³/mol. The van der Waals surface area contributed by atoms with Crippen molar-refractivity contribution in [1.82, 2.24) is 5.32 Å². The molecule has 0 unspecified atom stereocenters. The molecule has 8 heteroatoms. The molecular formula is C18H19ClN2O4S. The minimum Gasteiger partial charge on any atom is -0.493 e. The highest BCUT2D eigenvalue weighted by Crippen LogP contribution is 2.38. The van der Waals surface area contributed by atoms with Crippen LogP contribution in [0.2, 0.25) is 5.02 Å². The van der Waals surface area contributed by atoms with E-state index in [-0.39, 0.29) is 5.11 Å². The fourth-order valence-corrected chi connectivity index (χ4v) is 2.61. The van der Waals surface area contributed by atoms with E-state index in [9.17, 15) is 4.79 Å². The van der Waals surface area contributed by atoms with Gasteiger partial charge in [0.15, 0.2) is 16.6 Å². The summed E-state index contributed by atoms with van der Waals surface area (Å²) in [5, 5.41) is 6.27. The number of anilines is 1. The molecule has 138 valence electrons. The number of halogens is 1. The van der Waals surface area contributed by atoms with Gasteiger partial charge in [-0.2, -0.15) is 0 Å². The van der Waals surface area contributed by atoms with Crippen molar-refractivity contribution in [3.63, 3.8) is 0 Å². The second-order valence-electron chi connectivity index (χ2n) is 5.29. The van der Waals surface area contributed by atoms with Crippen LogP contribution in [0.3, 0.4) is 0 Å². The highest BCUT2D eigenvalue weighted by molar-refractivity contribution is 7.80. The van der Waals surface area contributed by atoms with Gasteiger partial charge in [0, 0.05) is 16.3 Å². The number of hydrogen-bond acceptors (Lipinski definition) is 5. The summed E-state index contributed by atoms with van der Waals surface area (Å²) in [6, 6.07) is 8.49. The quantitative estimate of drug-likeness (QED) is 0.752. The Morgan fingerprint density at radius 3 is 2.15 bits per heavy atom.